The lowest BCUT2D eigenvalue weighted by atomic mass is 9.91. The highest BCUT2D eigenvalue weighted by atomic mass is 32.1. The molecule has 6 rings (SSSR count). The number of halogens is 2. The Labute approximate surface area is 248 Å². The first-order valence-corrected chi connectivity index (χ1v) is 14.7. The zero-order valence-electron chi connectivity index (χ0n) is 23.8. The first-order chi connectivity index (χ1) is 19.2. The van der Waals surface area contributed by atoms with Crippen molar-refractivity contribution in [1.82, 2.24) is 4.90 Å². The summed E-state index contributed by atoms with van der Waals surface area (Å²) in [5, 5.41) is 9.36. The third kappa shape index (κ3) is 6.61. The molecule has 6 nitrogen and oxygen atoms in total. The number of hydrogen-bond donors (Lipinski definition) is 1. The van der Waals surface area contributed by atoms with Crippen LogP contribution in [-0.4, -0.2) is 61.8 Å². The molecule has 2 saturated heterocycles. The number of piperidine rings is 1. The van der Waals surface area contributed by atoms with Crippen LogP contribution < -0.4 is 14.4 Å². The molecule has 9 heteroatoms. The van der Waals surface area contributed by atoms with Crippen LogP contribution >= 0.6 is 13.5 Å². The number of carboxylic acids is 1. The van der Waals surface area contributed by atoms with Gasteiger partial charge in [-0.25, -0.2) is 8.78 Å². The van der Waals surface area contributed by atoms with Crippen LogP contribution in [0, 0.1) is 17.3 Å². The van der Waals surface area contributed by atoms with E-state index >= 15 is 0 Å². The summed E-state index contributed by atoms with van der Waals surface area (Å²) >= 11 is 0. The van der Waals surface area contributed by atoms with Gasteiger partial charge in [0.1, 0.15) is 11.5 Å². The third-order valence-electron chi connectivity index (χ3n) is 9.64. The lowest BCUT2D eigenvalue weighted by Crippen LogP contribution is -2.36. The van der Waals surface area contributed by atoms with E-state index in [1.165, 1.54) is 5.56 Å². The van der Waals surface area contributed by atoms with E-state index < -0.39 is 17.3 Å². The van der Waals surface area contributed by atoms with Crippen molar-refractivity contribution < 1.29 is 28.2 Å². The van der Waals surface area contributed by atoms with E-state index in [0.717, 1.165) is 68.1 Å². The molecule has 4 fully saturated rings. The predicted molar refractivity (Wildman–Crippen MR) is 160 cm³/mol. The number of anilines is 1. The summed E-state index contributed by atoms with van der Waals surface area (Å²) in [7, 11) is 1.67. The molecule has 2 aliphatic carbocycles. The maximum atomic E-state index is 13.9. The molecule has 4 aliphatic rings. The summed E-state index contributed by atoms with van der Waals surface area (Å²) in [4.78, 5) is 16.0. The zero-order chi connectivity index (χ0) is 27.9. The highest BCUT2D eigenvalue weighted by Gasteiger charge is 2.72. The van der Waals surface area contributed by atoms with Crippen LogP contribution in [0.25, 0.3) is 0 Å². The summed E-state index contributed by atoms with van der Waals surface area (Å²) < 4.78 is 39.6. The van der Waals surface area contributed by atoms with E-state index in [2.05, 4.69) is 21.9 Å². The lowest BCUT2D eigenvalue weighted by molar-refractivity contribution is -0.137. The molecule has 224 valence electrons. The van der Waals surface area contributed by atoms with E-state index in [0.29, 0.717) is 38.0 Å². The molecule has 1 N–H and O–H groups in total. The van der Waals surface area contributed by atoms with Gasteiger partial charge in [-0.3, -0.25) is 9.69 Å². The molecular formula is C32H42F2N2O4S. The molecule has 2 atom stereocenters. The molecular weight excluding hydrogens is 546 g/mol. The van der Waals surface area contributed by atoms with E-state index in [1.54, 1.807) is 7.11 Å². The molecule has 41 heavy (non-hydrogen) atoms. The van der Waals surface area contributed by atoms with E-state index in [1.807, 2.05) is 30.3 Å². The summed E-state index contributed by atoms with van der Waals surface area (Å²) in [6.07, 6.45) is 4.99. The Morgan fingerprint density at radius 1 is 1.07 bits per heavy atom. The Morgan fingerprint density at radius 2 is 1.83 bits per heavy atom. The van der Waals surface area contributed by atoms with Crippen LogP contribution in [0.4, 0.5) is 14.5 Å². The van der Waals surface area contributed by atoms with Gasteiger partial charge in [0.2, 0.25) is 0 Å². The second-order valence-electron chi connectivity index (χ2n) is 12.5. The van der Waals surface area contributed by atoms with Gasteiger partial charge in [-0.15, -0.1) is 0 Å². The fourth-order valence-corrected chi connectivity index (χ4v) is 6.89. The van der Waals surface area contributed by atoms with Crippen molar-refractivity contribution >= 4 is 25.2 Å². The highest BCUT2D eigenvalue weighted by Crippen LogP contribution is 2.65. The van der Waals surface area contributed by atoms with Crippen LogP contribution in [-0.2, 0) is 11.3 Å². The van der Waals surface area contributed by atoms with Crippen molar-refractivity contribution in [3.8, 4) is 11.5 Å². The van der Waals surface area contributed by atoms with Gasteiger partial charge in [0, 0.05) is 44.4 Å². The van der Waals surface area contributed by atoms with E-state index in [-0.39, 0.29) is 32.3 Å². The average Bonchev–Trinajstić information content (AvgIpc) is 3.83. The number of ether oxygens (including phenoxy) is 2. The Bertz CT molecular complexity index is 1230. The van der Waals surface area contributed by atoms with Gasteiger partial charge in [0.05, 0.1) is 25.6 Å². The van der Waals surface area contributed by atoms with Gasteiger partial charge in [-0.1, -0.05) is 18.2 Å². The fourth-order valence-electron chi connectivity index (χ4n) is 6.89. The number of benzene rings is 2. The molecule has 1 unspecified atom stereocenters. The summed E-state index contributed by atoms with van der Waals surface area (Å²) in [6, 6.07) is 14.1. The van der Waals surface area contributed by atoms with Gasteiger partial charge < -0.3 is 19.5 Å². The van der Waals surface area contributed by atoms with Crippen molar-refractivity contribution in [1.29, 1.82) is 0 Å². The molecule has 2 heterocycles. The number of aliphatic carboxylic acids is 1. The number of rotatable bonds is 11. The van der Waals surface area contributed by atoms with Crippen LogP contribution in [0.5, 0.6) is 11.5 Å². The minimum absolute atomic E-state index is 0. The van der Waals surface area contributed by atoms with Gasteiger partial charge in [0.15, 0.2) is 0 Å². The smallest absolute Gasteiger partial charge is 0.303 e. The lowest BCUT2D eigenvalue weighted by Gasteiger charge is -2.35. The number of nitrogens with zero attached hydrogens (tertiary/aromatic N) is 2. The van der Waals surface area contributed by atoms with Crippen LogP contribution in [0.15, 0.2) is 42.5 Å². The first kappa shape index (κ1) is 30.0. The number of likely N-dealkylation sites (tertiary alicyclic amines) is 1. The molecule has 2 saturated carbocycles. The van der Waals surface area contributed by atoms with Gasteiger partial charge in [0.25, 0.3) is 5.92 Å². The number of carboxylic acid groups (broad SMARTS) is 1. The zero-order valence-corrected chi connectivity index (χ0v) is 24.8. The Morgan fingerprint density at radius 3 is 2.46 bits per heavy atom. The fraction of sp³-hybridized carbons (Fsp3) is 0.594. The van der Waals surface area contributed by atoms with Gasteiger partial charge >= 0.3 is 5.97 Å². The molecule has 0 amide bonds. The summed E-state index contributed by atoms with van der Waals surface area (Å²) in [5.41, 5.74) is 2.59. The van der Waals surface area contributed by atoms with Crippen molar-refractivity contribution in [3.63, 3.8) is 0 Å². The Hall–Kier alpha value is -2.52. The SMILES string of the molecule is COc1ccc(CN2CCC3(C2)CC3(F)F)c(N2CCC(COc3cccc([C@@H](CC(=O)O)C4CC4)c3)CC2)c1.S. The summed E-state index contributed by atoms with van der Waals surface area (Å²) in [6.45, 7) is 4.32. The Balaban J connectivity index is 0.00000337. The number of alkyl halides is 2. The standard InChI is InChI=1S/C32H40F2N2O4.H2S/c1-39-26-8-7-25(18-35-14-11-31(21-35)20-32(31,33)34)29(16-26)36-12-9-22(10-13-36)19-40-27-4-2-3-24(15-27)28(17-30(37)38)23-5-6-23;/h2-4,7-8,15-16,22-23,28H,5-6,9-14,17-21H2,1H3,(H,37,38);1H2/t28-,31?;/m0./s1. The third-order valence-corrected chi connectivity index (χ3v) is 9.64. The van der Waals surface area contributed by atoms with Crippen molar-refractivity contribution in [2.24, 2.45) is 17.3 Å². The maximum absolute atomic E-state index is 13.9. The van der Waals surface area contributed by atoms with Gasteiger partial charge in [-0.05, 0) is 85.7 Å². The molecule has 0 bridgehead atoms. The van der Waals surface area contributed by atoms with Crippen LogP contribution in [0.2, 0.25) is 0 Å². The topological polar surface area (TPSA) is 62.2 Å². The summed E-state index contributed by atoms with van der Waals surface area (Å²) in [5.74, 6) is -0.649. The second kappa shape index (κ2) is 12.0. The van der Waals surface area contributed by atoms with Crippen molar-refractivity contribution in [3.05, 3.63) is 53.6 Å². The van der Waals surface area contributed by atoms with E-state index in [9.17, 15) is 18.7 Å². The van der Waals surface area contributed by atoms with Crippen LogP contribution in [0.1, 0.15) is 62.0 Å². The first-order valence-electron chi connectivity index (χ1n) is 14.7. The Kier molecular flexibility index (Phi) is 8.76. The molecule has 2 aliphatic heterocycles. The monoisotopic (exact) mass is 588 g/mol. The molecule has 0 radical (unpaired) electrons. The van der Waals surface area contributed by atoms with Crippen molar-refractivity contribution in [2.75, 3.05) is 44.8 Å². The minimum Gasteiger partial charge on any atom is -0.497 e. The predicted octanol–water partition coefficient (Wildman–Crippen LogP) is 6.30. The van der Waals surface area contributed by atoms with E-state index in [4.69, 9.17) is 9.47 Å². The number of methoxy groups -OCH3 is 1. The quantitative estimate of drug-likeness (QED) is 0.332. The number of carbonyl (C=O) groups is 1. The second-order valence-corrected chi connectivity index (χ2v) is 12.5. The number of hydrogen-bond acceptors (Lipinski definition) is 5. The molecule has 2 aromatic rings. The average molecular weight is 589 g/mol. The highest BCUT2D eigenvalue weighted by molar-refractivity contribution is 7.59. The molecule has 2 aromatic carbocycles. The largest absolute Gasteiger partial charge is 0.497 e. The maximum Gasteiger partial charge on any atom is 0.303 e. The normalized spacial score (nSPS) is 24.6. The molecule has 0 aromatic heterocycles. The van der Waals surface area contributed by atoms with Crippen LogP contribution in [0.3, 0.4) is 0 Å². The van der Waals surface area contributed by atoms with Crippen molar-refractivity contribution in [2.45, 2.75) is 63.3 Å². The molecule has 1 spiro atoms. The minimum atomic E-state index is -2.49. The van der Waals surface area contributed by atoms with Gasteiger partial charge in [-0.2, -0.15) is 13.5 Å².